The van der Waals surface area contributed by atoms with Crippen molar-refractivity contribution in [1.29, 1.82) is 0 Å². The number of carbonyl (C=O) groups is 2. The Hall–Kier alpha value is -2.63. The monoisotopic (exact) mass is 406 g/mol. The Kier molecular flexibility index (Phi) is 4.31. The molecule has 1 aromatic heterocycles. The number of hydrogen-bond donors (Lipinski definition) is 3. The van der Waals surface area contributed by atoms with Crippen LogP contribution in [0.4, 0.5) is 0 Å². The van der Waals surface area contributed by atoms with Crippen molar-refractivity contribution in [3.63, 3.8) is 0 Å². The number of nitrogens with two attached hydrogens (primary N) is 1. The molecule has 4 bridgehead atoms. The van der Waals surface area contributed by atoms with Gasteiger partial charge >= 0.3 is 0 Å². The first-order valence-electron chi connectivity index (χ1n) is 11.0. The van der Waals surface area contributed by atoms with E-state index in [9.17, 15) is 9.59 Å². The van der Waals surface area contributed by atoms with Gasteiger partial charge in [0.15, 0.2) is 0 Å². The number of aromatic nitrogens is 2. The van der Waals surface area contributed by atoms with Gasteiger partial charge in [0.1, 0.15) is 0 Å². The van der Waals surface area contributed by atoms with Crippen molar-refractivity contribution in [3.8, 4) is 11.1 Å². The first-order valence-corrected chi connectivity index (χ1v) is 11.0. The Morgan fingerprint density at radius 3 is 2.33 bits per heavy atom. The number of nitrogens with zero attached hydrogens (tertiary/aromatic N) is 1. The zero-order valence-electron chi connectivity index (χ0n) is 17.7. The molecule has 2 amide bonds. The maximum Gasteiger partial charge on any atom is 0.230 e. The number of H-pyrrole nitrogens is 1. The zero-order valence-corrected chi connectivity index (χ0v) is 17.7. The van der Waals surface area contributed by atoms with Crippen molar-refractivity contribution in [2.75, 3.05) is 0 Å². The highest BCUT2D eigenvalue weighted by molar-refractivity contribution is 5.88. The van der Waals surface area contributed by atoms with Gasteiger partial charge in [0.25, 0.3) is 0 Å². The lowest BCUT2D eigenvalue weighted by Crippen LogP contribution is -2.63. The third-order valence-electron chi connectivity index (χ3n) is 8.10. The van der Waals surface area contributed by atoms with Gasteiger partial charge in [-0.2, -0.15) is 5.10 Å². The van der Waals surface area contributed by atoms with Crippen LogP contribution in [-0.4, -0.2) is 28.1 Å². The Bertz CT molecular complexity index is 948. The molecule has 4 saturated carbocycles. The summed E-state index contributed by atoms with van der Waals surface area (Å²) < 4.78 is 0. The Balaban J connectivity index is 1.32. The van der Waals surface area contributed by atoms with Gasteiger partial charge in [-0.15, -0.1) is 0 Å². The lowest BCUT2D eigenvalue weighted by molar-refractivity contribution is -0.148. The molecule has 6 rings (SSSR count). The van der Waals surface area contributed by atoms with E-state index in [1.807, 2.05) is 44.3 Å². The Morgan fingerprint density at radius 1 is 1.10 bits per heavy atom. The molecule has 0 spiro atoms. The van der Waals surface area contributed by atoms with Crippen LogP contribution in [0.5, 0.6) is 0 Å². The van der Waals surface area contributed by atoms with E-state index in [0.29, 0.717) is 17.8 Å². The van der Waals surface area contributed by atoms with Crippen molar-refractivity contribution in [3.05, 3.63) is 42.2 Å². The number of amides is 2. The van der Waals surface area contributed by atoms with E-state index in [0.717, 1.165) is 48.8 Å². The molecule has 4 aliphatic carbocycles. The summed E-state index contributed by atoms with van der Waals surface area (Å²) in [7, 11) is 0. The smallest absolute Gasteiger partial charge is 0.230 e. The van der Waals surface area contributed by atoms with Crippen LogP contribution in [0.25, 0.3) is 11.1 Å². The average molecular weight is 407 g/mol. The second-order valence-electron chi connectivity index (χ2n) is 10.3. The van der Waals surface area contributed by atoms with E-state index in [1.165, 1.54) is 0 Å². The molecule has 2 aromatic rings. The molecule has 6 nitrogen and oxygen atoms in total. The SMILES string of the molecule is CC(C)(C(=O)NC1[C@@H]2CC3C[C@H]1CC(C(N)=O)(C3)C2)c1ccc(-c2cn[nH]c2)cc1. The molecule has 1 heterocycles. The number of aromatic amines is 1. The molecule has 0 aliphatic heterocycles. The van der Waals surface area contributed by atoms with Crippen molar-refractivity contribution in [2.24, 2.45) is 28.9 Å². The molecule has 4 fully saturated rings. The van der Waals surface area contributed by atoms with Gasteiger partial charge < -0.3 is 11.1 Å². The van der Waals surface area contributed by atoms with E-state index in [4.69, 9.17) is 5.73 Å². The van der Waals surface area contributed by atoms with Gasteiger partial charge in [0.2, 0.25) is 11.8 Å². The molecule has 4 N–H and O–H groups in total. The highest BCUT2D eigenvalue weighted by Gasteiger charge is 2.58. The van der Waals surface area contributed by atoms with E-state index in [1.54, 1.807) is 6.20 Å². The Morgan fingerprint density at radius 2 is 1.77 bits per heavy atom. The summed E-state index contributed by atoms with van der Waals surface area (Å²) in [5.41, 5.74) is 7.93. The van der Waals surface area contributed by atoms with E-state index >= 15 is 0 Å². The van der Waals surface area contributed by atoms with Gasteiger partial charge in [-0.1, -0.05) is 24.3 Å². The molecular formula is C24H30N4O2. The average Bonchev–Trinajstić information content (AvgIpc) is 3.25. The number of hydrogen-bond acceptors (Lipinski definition) is 3. The van der Waals surface area contributed by atoms with Gasteiger partial charge in [-0.3, -0.25) is 14.7 Å². The van der Waals surface area contributed by atoms with Gasteiger partial charge in [-0.25, -0.2) is 0 Å². The third-order valence-corrected chi connectivity index (χ3v) is 8.10. The van der Waals surface area contributed by atoms with Crippen LogP contribution in [-0.2, 0) is 15.0 Å². The minimum absolute atomic E-state index is 0.0594. The summed E-state index contributed by atoms with van der Waals surface area (Å²) in [6.07, 6.45) is 8.48. The fourth-order valence-electron chi connectivity index (χ4n) is 6.51. The predicted molar refractivity (Wildman–Crippen MR) is 114 cm³/mol. The van der Waals surface area contributed by atoms with E-state index in [-0.39, 0.29) is 23.3 Å². The van der Waals surface area contributed by atoms with E-state index < -0.39 is 5.41 Å². The number of nitrogens with one attached hydrogen (secondary N) is 2. The van der Waals surface area contributed by atoms with Crippen molar-refractivity contribution < 1.29 is 9.59 Å². The standard InChI is InChI=1S/C24H30N4O2/c1-23(2,19-5-3-15(4-6-19)18-12-26-27-13-18)22(30)28-20-16-7-14-8-17(20)11-24(9-14,10-16)21(25)29/h3-6,12-14,16-17,20H,7-11H2,1-2H3,(H2,25,29)(H,26,27)(H,28,30)/t14?,16-,17+,20?,24?. The molecule has 4 aliphatic rings. The molecule has 6 heteroatoms. The largest absolute Gasteiger partial charge is 0.369 e. The lowest BCUT2D eigenvalue weighted by Gasteiger charge is -2.59. The molecule has 158 valence electrons. The zero-order chi connectivity index (χ0) is 21.1. The van der Waals surface area contributed by atoms with Crippen LogP contribution < -0.4 is 11.1 Å². The summed E-state index contributed by atoms with van der Waals surface area (Å²) in [5.74, 6) is 1.25. The molecule has 0 radical (unpaired) electrons. The third kappa shape index (κ3) is 2.96. The fraction of sp³-hybridized carbons (Fsp3) is 0.542. The lowest BCUT2D eigenvalue weighted by atomic mass is 9.47. The summed E-state index contributed by atoms with van der Waals surface area (Å²) in [5, 5.41) is 10.2. The van der Waals surface area contributed by atoms with Crippen LogP contribution >= 0.6 is 0 Å². The van der Waals surface area contributed by atoms with E-state index in [2.05, 4.69) is 15.5 Å². The maximum absolute atomic E-state index is 13.4. The molecule has 1 aromatic carbocycles. The summed E-state index contributed by atoms with van der Waals surface area (Å²) >= 11 is 0. The minimum atomic E-state index is -0.634. The number of benzene rings is 1. The summed E-state index contributed by atoms with van der Waals surface area (Å²) in [6.45, 7) is 3.96. The van der Waals surface area contributed by atoms with Crippen LogP contribution in [0.1, 0.15) is 51.5 Å². The highest BCUT2D eigenvalue weighted by atomic mass is 16.2. The minimum Gasteiger partial charge on any atom is -0.369 e. The Labute approximate surface area is 177 Å². The van der Waals surface area contributed by atoms with Crippen LogP contribution in [0.15, 0.2) is 36.7 Å². The topological polar surface area (TPSA) is 101 Å². The van der Waals surface area contributed by atoms with Crippen LogP contribution in [0, 0.1) is 23.2 Å². The fourth-order valence-corrected chi connectivity index (χ4v) is 6.51. The van der Waals surface area contributed by atoms with Gasteiger partial charge in [-0.05, 0) is 74.8 Å². The number of primary amides is 1. The summed E-state index contributed by atoms with van der Waals surface area (Å²) in [4.78, 5) is 25.5. The quantitative estimate of drug-likeness (QED) is 0.711. The molecule has 5 atom stereocenters. The maximum atomic E-state index is 13.4. The van der Waals surface area contributed by atoms with Crippen molar-refractivity contribution >= 4 is 11.8 Å². The second kappa shape index (κ2) is 6.69. The number of carbonyl (C=O) groups excluding carboxylic acids is 2. The first-order chi connectivity index (χ1) is 14.3. The number of rotatable bonds is 5. The predicted octanol–water partition coefficient (Wildman–Crippen LogP) is 3.15. The molecule has 3 unspecified atom stereocenters. The van der Waals surface area contributed by atoms with Crippen molar-refractivity contribution in [1.82, 2.24) is 15.5 Å². The molecule has 30 heavy (non-hydrogen) atoms. The highest BCUT2D eigenvalue weighted by Crippen LogP contribution is 2.60. The molecular weight excluding hydrogens is 376 g/mol. The second-order valence-corrected chi connectivity index (χ2v) is 10.3. The molecule has 0 saturated heterocycles. The van der Waals surface area contributed by atoms with Crippen molar-refractivity contribution in [2.45, 2.75) is 57.4 Å². The summed E-state index contributed by atoms with van der Waals surface area (Å²) in [6, 6.07) is 8.29. The van der Waals surface area contributed by atoms with Crippen LogP contribution in [0.2, 0.25) is 0 Å². The van der Waals surface area contributed by atoms with Gasteiger partial charge in [0, 0.05) is 23.2 Å². The van der Waals surface area contributed by atoms with Gasteiger partial charge in [0.05, 0.1) is 11.6 Å². The van der Waals surface area contributed by atoms with Crippen LogP contribution in [0.3, 0.4) is 0 Å². The first kappa shape index (κ1) is 19.3. The normalized spacial score (nSPS) is 32.2.